The molecule has 0 spiro atoms. The van der Waals surface area contributed by atoms with Gasteiger partial charge in [-0.1, -0.05) is 11.6 Å². The molecule has 1 aromatic rings. The third kappa shape index (κ3) is 4.34. The van der Waals surface area contributed by atoms with Crippen LogP contribution in [0.15, 0.2) is 18.2 Å². The van der Waals surface area contributed by atoms with Crippen LogP contribution in [0.1, 0.15) is 16.8 Å². The van der Waals surface area contributed by atoms with Gasteiger partial charge in [0.2, 0.25) is 6.43 Å². The van der Waals surface area contributed by atoms with Gasteiger partial charge >= 0.3 is 5.97 Å². The number of rotatable bonds is 6. The highest BCUT2D eigenvalue weighted by molar-refractivity contribution is 6.31. The molecule has 0 saturated carbocycles. The molecule has 1 amide bonds. The van der Waals surface area contributed by atoms with E-state index in [2.05, 4.69) is 0 Å². The Morgan fingerprint density at radius 3 is 2.60 bits per heavy atom. The number of carboxylic acids is 1. The van der Waals surface area contributed by atoms with Gasteiger partial charge in [-0.15, -0.1) is 0 Å². The fourth-order valence-electron chi connectivity index (χ4n) is 1.49. The van der Waals surface area contributed by atoms with Crippen LogP contribution in [-0.2, 0) is 4.79 Å². The van der Waals surface area contributed by atoms with Gasteiger partial charge in [0.15, 0.2) is 0 Å². The summed E-state index contributed by atoms with van der Waals surface area (Å²) in [5, 5.41) is 11.0. The summed E-state index contributed by atoms with van der Waals surface area (Å²) in [6.45, 7) is 0. The SMILES string of the molecule is COc1ccc(Cl)cc1C(=O)NC(CC(F)F)C(=O)O. The second kappa shape index (κ2) is 7.04. The Labute approximate surface area is 118 Å². The van der Waals surface area contributed by atoms with Crippen molar-refractivity contribution < 1.29 is 28.2 Å². The van der Waals surface area contributed by atoms with Crippen LogP contribution in [0.25, 0.3) is 0 Å². The van der Waals surface area contributed by atoms with Crippen molar-refractivity contribution in [2.24, 2.45) is 0 Å². The molecule has 0 aliphatic carbocycles. The quantitative estimate of drug-likeness (QED) is 0.844. The molecular weight excluding hydrogens is 296 g/mol. The van der Waals surface area contributed by atoms with E-state index >= 15 is 0 Å². The Hall–Kier alpha value is -1.89. The molecule has 2 N–H and O–H groups in total. The molecule has 1 aromatic carbocycles. The van der Waals surface area contributed by atoms with Crippen LogP contribution >= 0.6 is 11.6 Å². The van der Waals surface area contributed by atoms with Crippen molar-refractivity contribution in [3.8, 4) is 5.75 Å². The molecule has 0 radical (unpaired) electrons. The number of benzene rings is 1. The van der Waals surface area contributed by atoms with Crippen LogP contribution < -0.4 is 10.1 Å². The smallest absolute Gasteiger partial charge is 0.326 e. The molecule has 1 unspecified atom stereocenters. The molecule has 110 valence electrons. The van der Waals surface area contributed by atoms with E-state index in [1.807, 2.05) is 5.32 Å². The van der Waals surface area contributed by atoms with Gasteiger partial charge in [-0.25, -0.2) is 13.6 Å². The minimum atomic E-state index is -2.85. The zero-order chi connectivity index (χ0) is 15.3. The number of carbonyl (C=O) groups excluding carboxylic acids is 1. The third-order valence-electron chi connectivity index (χ3n) is 2.42. The van der Waals surface area contributed by atoms with Gasteiger partial charge in [-0.05, 0) is 18.2 Å². The van der Waals surface area contributed by atoms with Gasteiger partial charge < -0.3 is 15.2 Å². The summed E-state index contributed by atoms with van der Waals surface area (Å²) in [7, 11) is 1.31. The highest BCUT2D eigenvalue weighted by Crippen LogP contribution is 2.22. The van der Waals surface area contributed by atoms with Crippen molar-refractivity contribution >= 4 is 23.5 Å². The summed E-state index contributed by atoms with van der Waals surface area (Å²) in [5.41, 5.74) is -0.0273. The normalized spacial score (nSPS) is 12.1. The van der Waals surface area contributed by atoms with Gasteiger partial charge in [-0.2, -0.15) is 0 Å². The lowest BCUT2D eigenvalue weighted by Gasteiger charge is -2.15. The van der Waals surface area contributed by atoms with Crippen LogP contribution in [-0.4, -0.2) is 36.6 Å². The molecule has 0 heterocycles. The number of ether oxygens (including phenoxy) is 1. The van der Waals surface area contributed by atoms with Crippen molar-refractivity contribution in [3.63, 3.8) is 0 Å². The van der Waals surface area contributed by atoms with E-state index in [1.165, 1.54) is 25.3 Å². The van der Waals surface area contributed by atoms with E-state index in [0.717, 1.165) is 0 Å². The summed E-state index contributed by atoms with van der Waals surface area (Å²) in [6, 6.07) is 2.47. The molecule has 0 saturated heterocycles. The first-order valence-electron chi connectivity index (χ1n) is 5.50. The maximum Gasteiger partial charge on any atom is 0.326 e. The number of alkyl halides is 2. The van der Waals surface area contributed by atoms with Crippen LogP contribution in [0, 0.1) is 0 Å². The zero-order valence-electron chi connectivity index (χ0n) is 10.4. The van der Waals surface area contributed by atoms with Crippen molar-refractivity contribution in [2.45, 2.75) is 18.9 Å². The standard InChI is InChI=1S/C12H12ClF2NO4/c1-20-9-3-2-6(13)4-7(9)11(17)16-8(12(18)19)5-10(14)15/h2-4,8,10H,5H2,1H3,(H,16,17)(H,18,19). The van der Waals surface area contributed by atoms with Crippen molar-refractivity contribution in [3.05, 3.63) is 28.8 Å². The first-order chi connectivity index (χ1) is 9.35. The number of aliphatic carboxylic acids is 1. The molecule has 0 aliphatic heterocycles. The number of carbonyl (C=O) groups is 2. The van der Waals surface area contributed by atoms with E-state index in [-0.39, 0.29) is 16.3 Å². The number of hydrogen-bond donors (Lipinski definition) is 2. The highest BCUT2D eigenvalue weighted by Gasteiger charge is 2.25. The predicted molar refractivity (Wildman–Crippen MR) is 67.5 cm³/mol. The van der Waals surface area contributed by atoms with E-state index in [1.54, 1.807) is 0 Å². The second-order valence-corrected chi connectivity index (χ2v) is 4.27. The number of methoxy groups -OCH3 is 1. The average Bonchev–Trinajstić information content (AvgIpc) is 2.37. The van der Waals surface area contributed by atoms with Crippen molar-refractivity contribution in [1.29, 1.82) is 0 Å². The van der Waals surface area contributed by atoms with Gasteiger partial charge in [0, 0.05) is 11.4 Å². The molecular formula is C12H12ClF2NO4. The number of hydrogen-bond acceptors (Lipinski definition) is 3. The molecule has 0 fully saturated rings. The largest absolute Gasteiger partial charge is 0.496 e. The molecule has 5 nitrogen and oxygen atoms in total. The summed E-state index contributed by atoms with van der Waals surface area (Å²) in [5.74, 6) is -2.23. The molecule has 0 aromatic heterocycles. The second-order valence-electron chi connectivity index (χ2n) is 3.84. The predicted octanol–water partition coefficient (Wildman–Crippen LogP) is 2.19. The fourth-order valence-corrected chi connectivity index (χ4v) is 1.67. The molecule has 8 heteroatoms. The first kappa shape index (κ1) is 16.2. The van der Waals surface area contributed by atoms with Crippen LogP contribution in [0.3, 0.4) is 0 Å². The Kier molecular flexibility index (Phi) is 5.69. The monoisotopic (exact) mass is 307 g/mol. The van der Waals surface area contributed by atoms with Gasteiger partial charge in [-0.3, -0.25) is 4.79 Å². The van der Waals surface area contributed by atoms with E-state index in [4.69, 9.17) is 21.4 Å². The van der Waals surface area contributed by atoms with Crippen molar-refractivity contribution in [2.75, 3.05) is 7.11 Å². The summed E-state index contributed by atoms with van der Waals surface area (Å²) < 4.78 is 29.4. The lowest BCUT2D eigenvalue weighted by Crippen LogP contribution is -2.42. The van der Waals surface area contributed by atoms with Crippen LogP contribution in [0.2, 0.25) is 5.02 Å². The molecule has 0 bridgehead atoms. The van der Waals surface area contributed by atoms with E-state index in [0.29, 0.717) is 0 Å². The molecule has 1 rings (SSSR count). The van der Waals surface area contributed by atoms with Crippen LogP contribution in [0.5, 0.6) is 5.75 Å². The van der Waals surface area contributed by atoms with E-state index < -0.39 is 30.8 Å². The first-order valence-corrected chi connectivity index (χ1v) is 5.88. The third-order valence-corrected chi connectivity index (χ3v) is 2.66. The molecule has 0 aliphatic rings. The highest BCUT2D eigenvalue weighted by atomic mass is 35.5. The average molecular weight is 308 g/mol. The lowest BCUT2D eigenvalue weighted by molar-refractivity contribution is -0.140. The zero-order valence-corrected chi connectivity index (χ0v) is 11.2. The number of carboxylic acid groups (broad SMARTS) is 1. The molecule has 1 atom stereocenters. The van der Waals surface area contributed by atoms with Crippen molar-refractivity contribution in [1.82, 2.24) is 5.32 Å². The maximum absolute atomic E-state index is 12.2. The number of halogens is 3. The minimum absolute atomic E-state index is 0.0273. The minimum Gasteiger partial charge on any atom is -0.496 e. The fraction of sp³-hybridized carbons (Fsp3) is 0.333. The van der Waals surface area contributed by atoms with Crippen LogP contribution in [0.4, 0.5) is 8.78 Å². The molecule has 20 heavy (non-hydrogen) atoms. The Bertz CT molecular complexity index is 510. The maximum atomic E-state index is 12.2. The number of nitrogens with one attached hydrogen (secondary N) is 1. The number of amides is 1. The summed E-state index contributed by atoms with van der Waals surface area (Å²) in [6.07, 6.45) is -3.83. The van der Waals surface area contributed by atoms with E-state index in [9.17, 15) is 18.4 Å². The Balaban J connectivity index is 2.94. The Morgan fingerprint density at radius 2 is 2.10 bits per heavy atom. The van der Waals surface area contributed by atoms with Gasteiger partial charge in [0.05, 0.1) is 12.7 Å². The topological polar surface area (TPSA) is 75.6 Å². The van der Waals surface area contributed by atoms with Gasteiger partial charge in [0.1, 0.15) is 11.8 Å². The summed E-state index contributed by atoms with van der Waals surface area (Å²) in [4.78, 5) is 22.7. The van der Waals surface area contributed by atoms with Gasteiger partial charge in [0.25, 0.3) is 5.91 Å². The Morgan fingerprint density at radius 1 is 1.45 bits per heavy atom. The summed E-state index contributed by atoms with van der Waals surface area (Å²) >= 11 is 5.73. The lowest BCUT2D eigenvalue weighted by atomic mass is 10.1.